The van der Waals surface area contributed by atoms with E-state index in [1.54, 1.807) is 13.0 Å². The number of carboxylic acid groups (broad SMARTS) is 1. The summed E-state index contributed by atoms with van der Waals surface area (Å²) in [4.78, 5) is 27.5. The van der Waals surface area contributed by atoms with E-state index in [-0.39, 0.29) is 23.9 Å². The Bertz CT molecular complexity index is 1150. The molecule has 1 aliphatic carbocycles. The molecule has 1 atom stereocenters. The number of nitrogens with zero attached hydrogens (tertiary/aromatic N) is 2. The average molecular weight is 505 g/mol. The highest BCUT2D eigenvalue weighted by atomic mass is 19.4. The molecule has 8 nitrogen and oxygen atoms in total. The Labute approximate surface area is 206 Å². The number of hydrogen-bond acceptors (Lipinski definition) is 6. The first-order chi connectivity index (χ1) is 17.0. The lowest BCUT2D eigenvalue weighted by Crippen LogP contribution is -2.32. The van der Waals surface area contributed by atoms with Crippen molar-refractivity contribution in [3.05, 3.63) is 52.7 Å². The van der Waals surface area contributed by atoms with Crippen LogP contribution in [0.5, 0.6) is 5.75 Å². The van der Waals surface area contributed by atoms with Gasteiger partial charge in [-0.05, 0) is 56.7 Å². The number of nitriles is 1. The predicted octanol–water partition coefficient (Wildman–Crippen LogP) is 4.77. The van der Waals surface area contributed by atoms with Crippen LogP contribution in [0.3, 0.4) is 0 Å². The van der Waals surface area contributed by atoms with E-state index in [1.165, 1.54) is 19.2 Å². The normalized spacial score (nSPS) is 18.6. The molecule has 1 saturated carbocycles. The molecule has 0 spiro atoms. The quantitative estimate of drug-likeness (QED) is 0.473. The topological polar surface area (TPSA) is 124 Å². The number of carbonyl (C=O) groups excluding carboxylic acids is 1. The summed E-state index contributed by atoms with van der Waals surface area (Å²) in [7, 11) is 1.40. The van der Waals surface area contributed by atoms with Gasteiger partial charge in [0.2, 0.25) is 0 Å². The van der Waals surface area contributed by atoms with Crippen molar-refractivity contribution in [2.75, 3.05) is 19.0 Å². The summed E-state index contributed by atoms with van der Waals surface area (Å²) in [6.45, 7) is 1.88. The van der Waals surface area contributed by atoms with Crippen molar-refractivity contribution in [3.63, 3.8) is 0 Å². The minimum Gasteiger partial charge on any atom is -0.496 e. The molecular weight excluding hydrogens is 477 g/mol. The van der Waals surface area contributed by atoms with Crippen LogP contribution in [0.15, 0.2) is 30.5 Å². The smallest absolute Gasteiger partial charge is 0.419 e. The third kappa shape index (κ3) is 6.44. The lowest BCUT2D eigenvalue weighted by Gasteiger charge is -2.26. The first kappa shape index (κ1) is 26.8. The molecule has 1 amide bonds. The molecule has 1 aromatic carbocycles. The number of carbonyl (C=O) groups is 2. The van der Waals surface area contributed by atoms with Gasteiger partial charge in [0.05, 0.1) is 41.8 Å². The number of benzene rings is 1. The molecule has 1 fully saturated rings. The Balaban J connectivity index is 1.73. The summed E-state index contributed by atoms with van der Waals surface area (Å²) in [5.41, 5.74) is -0.430. The van der Waals surface area contributed by atoms with Crippen molar-refractivity contribution in [1.29, 1.82) is 5.26 Å². The number of pyridine rings is 1. The van der Waals surface area contributed by atoms with Crippen LogP contribution in [-0.4, -0.2) is 35.6 Å². The zero-order valence-corrected chi connectivity index (χ0v) is 19.9. The molecule has 1 aromatic heterocycles. The summed E-state index contributed by atoms with van der Waals surface area (Å²) in [5, 5.41) is 23.5. The summed E-state index contributed by atoms with van der Waals surface area (Å²) in [6.07, 6.45) is -1.41. The van der Waals surface area contributed by atoms with Crippen LogP contribution >= 0.6 is 0 Å². The highest BCUT2D eigenvalue weighted by Gasteiger charge is 2.36. The summed E-state index contributed by atoms with van der Waals surface area (Å²) in [6, 6.07) is 6.71. The van der Waals surface area contributed by atoms with E-state index in [0.29, 0.717) is 42.6 Å². The minimum absolute atomic E-state index is 0.0730. The van der Waals surface area contributed by atoms with E-state index in [4.69, 9.17) is 15.1 Å². The number of carboxylic acids is 1. The van der Waals surface area contributed by atoms with Gasteiger partial charge in [-0.2, -0.15) is 18.4 Å². The molecule has 11 heteroatoms. The third-order valence-corrected chi connectivity index (χ3v) is 6.38. The predicted molar refractivity (Wildman–Crippen MR) is 124 cm³/mol. The van der Waals surface area contributed by atoms with Crippen LogP contribution in [0, 0.1) is 23.2 Å². The maximum Gasteiger partial charge on any atom is 0.419 e. The molecule has 0 saturated heterocycles. The van der Waals surface area contributed by atoms with Crippen molar-refractivity contribution < 1.29 is 32.6 Å². The van der Waals surface area contributed by atoms with Crippen LogP contribution in [0.2, 0.25) is 0 Å². The van der Waals surface area contributed by atoms with Crippen LogP contribution in [0.25, 0.3) is 0 Å². The number of halogens is 3. The Morgan fingerprint density at radius 2 is 1.94 bits per heavy atom. The first-order valence-electron chi connectivity index (χ1n) is 11.5. The van der Waals surface area contributed by atoms with Gasteiger partial charge in [0, 0.05) is 18.3 Å². The maximum absolute atomic E-state index is 13.8. The van der Waals surface area contributed by atoms with Crippen molar-refractivity contribution in [2.24, 2.45) is 11.8 Å². The van der Waals surface area contributed by atoms with E-state index < -0.39 is 35.5 Å². The Morgan fingerprint density at radius 3 is 2.53 bits per heavy atom. The number of methoxy groups -OCH3 is 1. The van der Waals surface area contributed by atoms with Crippen molar-refractivity contribution in [1.82, 2.24) is 10.3 Å². The second-order valence-electron chi connectivity index (χ2n) is 8.82. The number of nitrogens with one attached hydrogen (secondary N) is 2. The second-order valence-corrected chi connectivity index (χ2v) is 8.82. The van der Waals surface area contributed by atoms with Crippen LogP contribution in [0.4, 0.5) is 19.0 Å². The lowest BCUT2D eigenvalue weighted by molar-refractivity contribution is -0.143. The largest absolute Gasteiger partial charge is 0.496 e. The van der Waals surface area contributed by atoms with Crippen molar-refractivity contribution in [2.45, 2.75) is 44.8 Å². The Morgan fingerprint density at radius 1 is 1.25 bits per heavy atom. The fourth-order valence-electron chi connectivity index (χ4n) is 4.29. The Kier molecular flexibility index (Phi) is 8.40. The van der Waals surface area contributed by atoms with E-state index in [0.717, 1.165) is 12.3 Å². The van der Waals surface area contributed by atoms with Crippen LogP contribution < -0.4 is 15.4 Å². The number of aliphatic carboxylic acids is 1. The molecule has 1 heterocycles. The fraction of sp³-hybridized carbons (Fsp3) is 0.440. The standard InChI is InChI=1S/C25H27F3N4O4/c1-14(19-8-5-16(11-29)9-21(19)36-2)32-22-20(25(26,27)28)10-18(13-30-22)23(33)31-12-15-3-6-17(7-4-15)24(34)35/h5,8-10,13-15,17H,3-4,6-7,12H2,1-2H3,(H,30,32)(H,31,33)(H,34,35)/t14-,15-,17-/m0/s1. The second kappa shape index (κ2) is 11.3. The van der Waals surface area contributed by atoms with Crippen LogP contribution in [0.1, 0.15) is 65.7 Å². The highest BCUT2D eigenvalue weighted by molar-refractivity contribution is 5.94. The molecule has 36 heavy (non-hydrogen) atoms. The molecule has 2 aromatic rings. The molecule has 192 valence electrons. The van der Waals surface area contributed by atoms with Gasteiger partial charge >= 0.3 is 12.1 Å². The van der Waals surface area contributed by atoms with Gasteiger partial charge in [-0.1, -0.05) is 6.07 Å². The van der Waals surface area contributed by atoms with Gasteiger partial charge < -0.3 is 20.5 Å². The number of aromatic nitrogens is 1. The van der Waals surface area contributed by atoms with Gasteiger partial charge in [-0.25, -0.2) is 4.98 Å². The molecule has 0 bridgehead atoms. The van der Waals surface area contributed by atoms with E-state index >= 15 is 0 Å². The van der Waals surface area contributed by atoms with Crippen LogP contribution in [-0.2, 0) is 11.0 Å². The van der Waals surface area contributed by atoms with E-state index in [9.17, 15) is 22.8 Å². The highest BCUT2D eigenvalue weighted by Crippen LogP contribution is 2.37. The first-order valence-corrected chi connectivity index (χ1v) is 11.5. The third-order valence-electron chi connectivity index (χ3n) is 6.38. The summed E-state index contributed by atoms with van der Waals surface area (Å²) in [5.74, 6) is -1.92. The zero-order valence-electron chi connectivity index (χ0n) is 19.9. The summed E-state index contributed by atoms with van der Waals surface area (Å²) < 4.78 is 46.8. The maximum atomic E-state index is 13.8. The number of hydrogen-bond donors (Lipinski definition) is 3. The van der Waals surface area contributed by atoms with E-state index in [2.05, 4.69) is 15.6 Å². The fourth-order valence-corrected chi connectivity index (χ4v) is 4.29. The molecular formula is C25H27F3N4O4. The average Bonchev–Trinajstić information content (AvgIpc) is 2.86. The van der Waals surface area contributed by atoms with Gasteiger partial charge in [0.15, 0.2) is 0 Å². The molecule has 0 unspecified atom stereocenters. The molecule has 3 N–H and O–H groups in total. The summed E-state index contributed by atoms with van der Waals surface area (Å²) >= 11 is 0. The number of ether oxygens (including phenoxy) is 1. The lowest BCUT2D eigenvalue weighted by atomic mass is 9.82. The molecule has 0 aliphatic heterocycles. The zero-order chi connectivity index (χ0) is 26.5. The number of anilines is 1. The van der Waals surface area contributed by atoms with Gasteiger partial charge in [-0.3, -0.25) is 9.59 Å². The van der Waals surface area contributed by atoms with Crippen molar-refractivity contribution in [3.8, 4) is 11.8 Å². The molecule has 0 radical (unpaired) electrons. The SMILES string of the molecule is COc1cc(C#N)ccc1[C@H](C)Nc1ncc(C(=O)NC[C@H]2CC[C@H](C(=O)O)CC2)cc1C(F)(F)F. The van der Waals surface area contributed by atoms with E-state index in [1.807, 2.05) is 6.07 Å². The number of rotatable bonds is 8. The minimum atomic E-state index is -4.77. The van der Waals surface area contributed by atoms with Gasteiger partial charge in [0.25, 0.3) is 5.91 Å². The number of amides is 1. The van der Waals surface area contributed by atoms with Gasteiger partial charge in [0.1, 0.15) is 11.6 Å². The monoisotopic (exact) mass is 504 g/mol. The Hall–Kier alpha value is -3.81. The van der Waals surface area contributed by atoms with Crippen molar-refractivity contribution >= 4 is 17.7 Å². The number of alkyl halides is 3. The van der Waals surface area contributed by atoms with Gasteiger partial charge in [-0.15, -0.1) is 0 Å². The molecule has 1 aliphatic rings. The molecule has 3 rings (SSSR count).